The van der Waals surface area contributed by atoms with E-state index in [1.165, 1.54) is 23.1 Å². The van der Waals surface area contributed by atoms with Crippen molar-refractivity contribution in [3.05, 3.63) is 23.8 Å². The van der Waals surface area contributed by atoms with E-state index in [0.29, 0.717) is 19.4 Å². The molecular formula is C12H13NO4. The number of piperidine rings is 1. The number of phenols is 2. The molecule has 1 fully saturated rings. The Morgan fingerprint density at radius 1 is 1.29 bits per heavy atom. The number of aromatic hydroxyl groups is 2. The number of nitrogens with zero attached hydrogens (tertiary/aromatic N) is 1. The molecule has 5 nitrogen and oxygen atoms in total. The fourth-order valence-corrected chi connectivity index (χ4v) is 1.88. The van der Waals surface area contributed by atoms with E-state index in [1.807, 2.05) is 0 Å². The smallest absolute Gasteiger partial charge is 0.258 e. The lowest BCUT2D eigenvalue weighted by atomic mass is 10.1. The number of rotatable bonds is 1. The highest BCUT2D eigenvalue weighted by Gasteiger charge is 2.24. The van der Waals surface area contributed by atoms with Crippen LogP contribution in [0.5, 0.6) is 11.5 Å². The molecule has 1 aliphatic heterocycles. The number of amides is 1. The second-order valence-electron chi connectivity index (χ2n) is 4.07. The lowest BCUT2D eigenvalue weighted by Crippen LogP contribution is -2.40. The SMILES string of the molecule is O=C1CCCN(C(=O)c2cc(O)ccc2O)C1. The normalized spacial score (nSPS) is 16.0. The average Bonchev–Trinajstić information content (AvgIpc) is 2.31. The Kier molecular flexibility index (Phi) is 2.99. The predicted octanol–water partition coefficient (Wildman–Crippen LogP) is 0.903. The molecule has 0 aromatic heterocycles. The van der Waals surface area contributed by atoms with Gasteiger partial charge in [0.25, 0.3) is 5.91 Å². The molecule has 90 valence electrons. The van der Waals surface area contributed by atoms with Crippen molar-refractivity contribution < 1.29 is 19.8 Å². The van der Waals surface area contributed by atoms with Crippen molar-refractivity contribution in [2.75, 3.05) is 13.1 Å². The lowest BCUT2D eigenvalue weighted by molar-refractivity contribution is -0.121. The molecule has 1 heterocycles. The molecule has 2 N–H and O–H groups in total. The molecule has 0 radical (unpaired) electrons. The first kappa shape index (κ1) is 11.4. The van der Waals surface area contributed by atoms with Crippen LogP contribution < -0.4 is 0 Å². The summed E-state index contributed by atoms with van der Waals surface area (Å²) < 4.78 is 0. The van der Waals surface area contributed by atoms with Gasteiger partial charge in [0.2, 0.25) is 0 Å². The number of hydrogen-bond acceptors (Lipinski definition) is 4. The maximum Gasteiger partial charge on any atom is 0.258 e. The van der Waals surface area contributed by atoms with E-state index < -0.39 is 5.91 Å². The second kappa shape index (κ2) is 4.45. The van der Waals surface area contributed by atoms with Crippen LogP contribution in [-0.2, 0) is 4.79 Å². The first-order valence-electron chi connectivity index (χ1n) is 5.41. The monoisotopic (exact) mass is 235 g/mol. The van der Waals surface area contributed by atoms with Crippen LogP contribution in [0.1, 0.15) is 23.2 Å². The molecule has 1 aromatic rings. The van der Waals surface area contributed by atoms with Gasteiger partial charge in [-0.2, -0.15) is 0 Å². The van der Waals surface area contributed by atoms with Crippen molar-refractivity contribution in [2.24, 2.45) is 0 Å². The highest BCUT2D eigenvalue weighted by molar-refractivity contribution is 5.99. The summed E-state index contributed by atoms with van der Waals surface area (Å²) in [5.41, 5.74) is 0.0275. The van der Waals surface area contributed by atoms with Crippen LogP contribution in [0, 0.1) is 0 Å². The van der Waals surface area contributed by atoms with Gasteiger partial charge < -0.3 is 15.1 Å². The third-order valence-corrected chi connectivity index (χ3v) is 2.75. The third kappa shape index (κ3) is 2.38. The minimum Gasteiger partial charge on any atom is -0.508 e. The van der Waals surface area contributed by atoms with Gasteiger partial charge in [-0.1, -0.05) is 0 Å². The fourth-order valence-electron chi connectivity index (χ4n) is 1.88. The summed E-state index contributed by atoms with van der Waals surface area (Å²) in [6, 6.07) is 3.76. The van der Waals surface area contributed by atoms with E-state index in [9.17, 15) is 19.8 Å². The Labute approximate surface area is 98.3 Å². The van der Waals surface area contributed by atoms with Crippen molar-refractivity contribution in [3.63, 3.8) is 0 Å². The van der Waals surface area contributed by atoms with Crippen LogP contribution in [0.15, 0.2) is 18.2 Å². The van der Waals surface area contributed by atoms with Gasteiger partial charge in [-0.25, -0.2) is 0 Å². The van der Waals surface area contributed by atoms with Gasteiger partial charge in [-0.3, -0.25) is 9.59 Å². The molecule has 1 amide bonds. The molecule has 1 aromatic carbocycles. The van der Waals surface area contributed by atoms with E-state index in [0.717, 1.165) is 0 Å². The predicted molar refractivity (Wildman–Crippen MR) is 59.9 cm³/mol. The van der Waals surface area contributed by atoms with Gasteiger partial charge in [0.05, 0.1) is 12.1 Å². The summed E-state index contributed by atoms with van der Waals surface area (Å²) in [4.78, 5) is 24.7. The van der Waals surface area contributed by atoms with Gasteiger partial charge in [-0.05, 0) is 24.6 Å². The number of Topliss-reactive ketones (excluding diaryl/α,β-unsaturated/α-hetero) is 1. The zero-order valence-corrected chi connectivity index (χ0v) is 9.22. The van der Waals surface area contributed by atoms with E-state index in [1.54, 1.807) is 0 Å². The summed E-state index contributed by atoms with van der Waals surface area (Å²) in [5, 5.41) is 18.8. The molecule has 0 saturated carbocycles. The Balaban J connectivity index is 2.24. The van der Waals surface area contributed by atoms with E-state index in [2.05, 4.69) is 0 Å². The molecule has 0 unspecified atom stereocenters. The van der Waals surface area contributed by atoms with Crippen LogP contribution in [0.25, 0.3) is 0 Å². The van der Waals surface area contributed by atoms with Gasteiger partial charge in [-0.15, -0.1) is 0 Å². The topological polar surface area (TPSA) is 77.8 Å². The molecule has 5 heteroatoms. The first-order valence-corrected chi connectivity index (χ1v) is 5.41. The number of phenolic OH excluding ortho intramolecular Hbond substituents is 2. The highest BCUT2D eigenvalue weighted by Crippen LogP contribution is 2.24. The Morgan fingerprint density at radius 3 is 2.76 bits per heavy atom. The minimum absolute atomic E-state index is 0.0178. The fraction of sp³-hybridized carbons (Fsp3) is 0.333. The summed E-state index contributed by atoms with van der Waals surface area (Å²) in [6.07, 6.45) is 1.14. The maximum atomic E-state index is 12.0. The van der Waals surface area contributed by atoms with E-state index >= 15 is 0 Å². The number of likely N-dealkylation sites (tertiary alicyclic amines) is 1. The number of carbonyl (C=O) groups is 2. The number of hydrogen-bond donors (Lipinski definition) is 2. The van der Waals surface area contributed by atoms with Gasteiger partial charge >= 0.3 is 0 Å². The molecule has 0 bridgehead atoms. The zero-order valence-electron chi connectivity index (χ0n) is 9.22. The van der Waals surface area contributed by atoms with Gasteiger partial charge in [0, 0.05) is 13.0 Å². The summed E-state index contributed by atoms with van der Waals surface area (Å²) in [6.45, 7) is 0.577. The maximum absolute atomic E-state index is 12.0. The van der Waals surface area contributed by atoms with Gasteiger partial charge in [0.15, 0.2) is 5.78 Å². The van der Waals surface area contributed by atoms with Crippen molar-refractivity contribution in [1.82, 2.24) is 4.90 Å². The van der Waals surface area contributed by atoms with Crippen LogP contribution in [0.3, 0.4) is 0 Å². The number of carbonyl (C=O) groups excluding carboxylic acids is 2. The summed E-state index contributed by atoms with van der Waals surface area (Å²) in [7, 11) is 0. The van der Waals surface area contributed by atoms with Crippen molar-refractivity contribution >= 4 is 11.7 Å². The first-order chi connectivity index (χ1) is 8.08. The largest absolute Gasteiger partial charge is 0.508 e. The molecule has 0 spiro atoms. The molecule has 17 heavy (non-hydrogen) atoms. The standard InChI is InChI=1S/C12H13NO4/c14-8-3-4-11(16)10(6-8)12(17)13-5-1-2-9(15)7-13/h3-4,6,14,16H,1-2,5,7H2. The van der Waals surface area contributed by atoms with Crippen LogP contribution >= 0.6 is 0 Å². The number of benzene rings is 1. The Morgan fingerprint density at radius 2 is 2.06 bits per heavy atom. The van der Waals surface area contributed by atoms with Crippen molar-refractivity contribution in [1.29, 1.82) is 0 Å². The third-order valence-electron chi connectivity index (χ3n) is 2.75. The quantitative estimate of drug-likeness (QED) is 0.709. The minimum atomic E-state index is -0.425. The van der Waals surface area contributed by atoms with E-state index in [-0.39, 0.29) is 29.4 Å². The van der Waals surface area contributed by atoms with Crippen molar-refractivity contribution in [3.8, 4) is 11.5 Å². The molecule has 2 rings (SSSR count). The van der Waals surface area contributed by atoms with Crippen LogP contribution in [-0.4, -0.2) is 39.9 Å². The molecular weight excluding hydrogens is 222 g/mol. The Bertz CT molecular complexity index is 470. The average molecular weight is 235 g/mol. The zero-order chi connectivity index (χ0) is 12.4. The summed E-state index contributed by atoms with van der Waals surface area (Å²) in [5.74, 6) is -0.684. The van der Waals surface area contributed by atoms with Crippen LogP contribution in [0.2, 0.25) is 0 Å². The number of ketones is 1. The molecule has 0 atom stereocenters. The second-order valence-corrected chi connectivity index (χ2v) is 4.07. The molecule has 1 aliphatic rings. The van der Waals surface area contributed by atoms with Gasteiger partial charge in [0.1, 0.15) is 11.5 Å². The van der Waals surface area contributed by atoms with E-state index in [4.69, 9.17) is 0 Å². The Hall–Kier alpha value is -2.04. The lowest BCUT2D eigenvalue weighted by Gasteiger charge is -2.26. The highest BCUT2D eigenvalue weighted by atomic mass is 16.3. The molecule has 1 saturated heterocycles. The molecule has 0 aliphatic carbocycles. The summed E-state index contributed by atoms with van der Waals surface area (Å²) >= 11 is 0. The van der Waals surface area contributed by atoms with Crippen molar-refractivity contribution in [2.45, 2.75) is 12.8 Å². The van der Waals surface area contributed by atoms with Crippen LogP contribution in [0.4, 0.5) is 0 Å².